The summed E-state index contributed by atoms with van der Waals surface area (Å²) in [6, 6.07) is 3.74. The maximum absolute atomic E-state index is 13.8. The van der Waals surface area contributed by atoms with Gasteiger partial charge in [-0.1, -0.05) is 12.8 Å². The molecule has 148 valence electrons. The van der Waals surface area contributed by atoms with Crippen LogP contribution >= 0.6 is 0 Å². The predicted octanol–water partition coefficient (Wildman–Crippen LogP) is 3.42. The zero-order chi connectivity index (χ0) is 20.2. The third-order valence-corrected chi connectivity index (χ3v) is 4.69. The third-order valence-electron chi connectivity index (χ3n) is 4.69. The first-order chi connectivity index (χ1) is 12.6. The van der Waals surface area contributed by atoms with Gasteiger partial charge in [-0.05, 0) is 51.8 Å². The van der Waals surface area contributed by atoms with Gasteiger partial charge in [0.2, 0.25) is 11.8 Å². The first kappa shape index (κ1) is 20.9. The molecule has 1 aromatic rings. The van der Waals surface area contributed by atoms with Crippen molar-refractivity contribution >= 4 is 23.5 Å². The number of esters is 1. The molecule has 0 radical (unpaired) electrons. The van der Waals surface area contributed by atoms with Crippen LogP contribution in [0.1, 0.15) is 63.2 Å². The Bertz CT molecular complexity index is 734. The van der Waals surface area contributed by atoms with E-state index in [1.807, 2.05) is 20.8 Å². The summed E-state index contributed by atoms with van der Waals surface area (Å²) in [4.78, 5) is 37.0. The first-order valence-electron chi connectivity index (χ1n) is 9.07. The van der Waals surface area contributed by atoms with Gasteiger partial charge in [0.1, 0.15) is 5.82 Å². The molecule has 2 N–H and O–H groups in total. The molecule has 2 rings (SSSR count). The Kier molecular flexibility index (Phi) is 6.23. The number of rotatable bonds is 5. The molecule has 0 unspecified atom stereocenters. The van der Waals surface area contributed by atoms with Crippen molar-refractivity contribution in [2.45, 2.75) is 58.4 Å². The largest absolute Gasteiger partial charge is 0.465 e. The van der Waals surface area contributed by atoms with Crippen molar-refractivity contribution in [2.24, 2.45) is 5.41 Å². The van der Waals surface area contributed by atoms with Crippen LogP contribution in [0.2, 0.25) is 0 Å². The van der Waals surface area contributed by atoms with Crippen LogP contribution < -0.4 is 10.6 Å². The molecule has 1 fully saturated rings. The monoisotopic (exact) mass is 378 g/mol. The molecule has 0 aliphatic heterocycles. The smallest absolute Gasteiger partial charge is 0.340 e. The van der Waals surface area contributed by atoms with Gasteiger partial charge in [-0.3, -0.25) is 9.59 Å². The summed E-state index contributed by atoms with van der Waals surface area (Å²) < 4.78 is 18.3. The van der Waals surface area contributed by atoms with Crippen molar-refractivity contribution < 1.29 is 23.5 Å². The van der Waals surface area contributed by atoms with E-state index < -0.39 is 17.2 Å². The molecule has 0 bridgehead atoms. The normalized spacial score (nSPS) is 15.9. The molecule has 6 nitrogen and oxygen atoms in total. The van der Waals surface area contributed by atoms with E-state index in [1.165, 1.54) is 12.1 Å². The topological polar surface area (TPSA) is 84.5 Å². The highest BCUT2D eigenvalue weighted by molar-refractivity contribution is 5.99. The molecule has 1 aliphatic carbocycles. The number of anilines is 1. The number of carbonyl (C=O) groups excluding carboxylic acids is 3. The van der Waals surface area contributed by atoms with E-state index in [9.17, 15) is 18.8 Å². The molecular weight excluding hydrogens is 351 g/mol. The van der Waals surface area contributed by atoms with Crippen LogP contribution in [0.3, 0.4) is 0 Å². The molecule has 27 heavy (non-hydrogen) atoms. The molecule has 1 saturated carbocycles. The van der Waals surface area contributed by atoms with Crippen LogP contribution in [0.4, 0.5) is 10.1 Å². The van der Waals surface area contributed by atoms with Gasteiger partial charge in [0.05, 0.1) is 18.1 Å². The van der Waals surface area contributed by atoms with Crippen LogP contribution in [0.15, 0.2) is 18.2 Å². The summed E-state index contributed by atoms with van der Waals surface area (Å²) in [6.07, 6.45) is 3.06. The van der Waals surface area contributed by atoms with Crippen LogP contribution in [-0.4, -0.2) is 30.4 Å². The minimum absolute atomic E-state index is 0.0984. The number of benzene rings is 1. The van der Waals surface area contributed by atoms with Gasteiger partial charge in [-0.2, -0.15) is 0 Å². The maximum atomic E-state index is 13.8. The van der Waals surface area contributed by atoms with E-state index in [-0.39, 0.29) is 29.3 Å². The minimum atomic E-state index is -0.816. The van der Waals surface area contributed by atoms with Gasteiger partial charge in [0.15, 0.2) is 0 Å². The number of hydrogen-bond donors (Lipinski definition) is 2. The standard InChI is InChI=1S/C20H27FN2O4/c1-19(2,3)23-16(24)12-20(9-5-6-10-20)18(26)22-13-7-8-15(21)14(11-13)17(25)27-4/h7-8,11H,5-6,9-10,12H2,1-4H3,(H,22,26)(H,23,24). The highest BCUT2D eigenvalue weighted by atomic mass is 19.1. The molecule has 1 aliphatic rings. The Morgan fingerprint density at radius 3 is 2.37 bits per heavy atom. The highest BCUT2D eigenvalue weighted by Gasteiger charge is 2.43. The Balaban J connectivity index is 2.18. The van der Waals surface area contributed by atoms with E-state index in [0.717, 1.165) is 26.0 Å². The molecular formula is C20H27FN2O4. The zero-order valence-electron chi connectivity index (χ0n) is 16.3. The van der Waals surface area contributed by atoms with E-state index in [1.54, 1.807) is 0 Å². The highest BCUT2D eigenvalue weighted by Crippen LogP contribution is 2.42. The summed E-state index contributed by atoms with van der Waals surface area (Å²) in [6.45, 7) is 5.66. The number of carbonyl (C=O) groups is 3. The molecule has 0 heterocycles. The Morgan fingerprint density at radius 1 is 1.19 bits per heavy atom. The fourth-order valence-electron chi connectivity index (χ4n) is 3.44. The second-order valence-electron chi connectivity index (χ2n) is 8.10. The molecule has 0 spiro atoms. The summed E-state index contributed by atoms with van der Waals surface area (Å²) in [5.41, 5.74) is -1.12. The number of nitrogens with one attached hydrogen (secondary N) is 2. The molecule has 0 saturated heterocycles. The van der Waals surface area contributed by atoms with Crippen LogP contribution in [0.25, 0.3) is 0 Å². The molecule has 7 heteroatoms. The van der Waals surface area contributed by atoms with E-state index in [0.29, 0.717) is 18.5 Å². The van der Waals surface area contributed by atoms with Crippen molar-refractivity contribution in [1.82, 2.24) is 5.32 Å². The Hall–Kier alpha value is -2.44. The van der Waals surface area contributed by atoms with E-state index in [4.69, 9.17) is 0 Å². The van der Waals surface area contributed by atoms with Crippen molar-refractivity contribution in [3.05, 3.63) is 29.6 Å². The van der Waals surface area contributed by atoms with Crippen molar-refractivity contribution in [3.8, 4) is 0 Å². The number of methoxy groups -OCH3 is 1. The van der Waals surface area contributed by atoms with Gasteiger partial charge >= 0.3 is 5.97 Å². The summed E-state index contributed by atoms with van der Waals surface area (Å²) >= 11 is 0. The lowest BCUT2D eigenvalue weighted by molar-refractivity contribution is -0.133. The van der Waals surface area contributed by atoms with Crippen molar-refractivity contribution in [2.75, 3.05) is 12.4 Å². The van der Waals surface area contributed by atoms with E-state index >= 15 is 0 Å². The van der Waals surface area contributed by atoms with Crippen LogP contribution in [0.5, 0.6) is 0 Å². The van der Waals surface area contributed by atoms with Gasteiger partial charge in [-0.15, -0.1) is 0 Å². The minimum Gasteiger partial charge on any atom is -0.465 e. The number of amides is 2. The number of ether oxygens (including phenoxy) is 1. The lowest BCUT2D eigenvalue weighted by Gasteiger charge is -2.29. The second kappa shape index (κ2) is 8.06. The van der Waals surface area contributed by atoms with Crippen molar-refractivity contribution in [1.29, 1.82) is 0 Å². The molecule has 2 amide bonds. The van der Waals surface area contributed by atoms with E-state index in [2.05, 4.69) is 15.4 Å². The lowest BCUT2D eigenvalue weighted by Crippen LogP contribution is -2.45. The fourth-order valence-corrected chi connectivity index (χ4v) is 3.44. The average Bonchev–Trinajstić information content (AvgIpc) is 3.03. The van der Waals surface area contributed by atoms with Crippen LogP contribution in [0, 0.1) is 11.2 Å². The molecule has 0 aromatic heterocycles. The molecule has 1 aromatic carbocycles. The van der Waals surface area contributed by atoms with Gasteiger partial charge in [0.25, 0.3) is 0 Å². The summed E-state index contributed by atoms with van der Waals surface area (Å²) in [7, 11) is 1.16. The van der Waals surface area contributed by atoms with Crippen LogP contribution in [-0.2, 0) is 14.3 Å². The summed E-state index contributed by atoms with van der Waals surface area (Å²) in [5, 5.41) is 5.65. The average molecular weight is 378 g/mol. The zero-order valence-corrected chi connectivity index (χ0v) is 16.3. The van der Waals surface area contributed by atoms with Gasteiger partial charge in [-0.25, -0.2) is 9.18 Å². The fraction of sp³-hybridized carbons (Fsp3) is 0.550. The number of halogens is 1. The lowest BCUT2D eigenvalue weighted by atomic mass is 9.81. The van der Waals surface area contributed by atoms with Gasteiger partial charge < -0.3 is 15.4 Å². The SMILES string of the molecule is COC(=O)c1cc(NC(=O)C2(CC(=O)NC(C)(C)C)CCCC2)ccc1F. The predicted molar refractivity (Wildman–Crippen MR) is 99.8 cm³/mol. The molecule has 0 atom stereocenters. The Labute approximate surface area is 158 Å². The maximum Gasteiger partial charge on any atom is 0.340 e. The quantitative estimate of drug-likeness (QED) is 0.769. The van der Waals surface area contributed by atoms with Crippen molar-refractivity contribution in [3.63, 3.8) is 0 Å². The second-order valence-corrected chi connectivity index (χ2v) is 8.10. The Morgan fingerprint density at radius 2 is 1.81 bits per heavy atom. The van der Waals surface area contributed by atoms with Gasteiger partial charge in [0, 0.05) is 17.6 Å². The summed E-state index contributed by atoms with van der Waals surface area (Å²) in [5.74, 6) is -2.00. The number of hydrogen-bond acceptors (Lipinski definition) is 4. The first-order valence-corrected chi connectivity index (χ1v) is 9.07. The third kappa shape index (κ3) is 5.28.